The maximum absolute atomic E-state index is 12.8. The van der Waals surface area contributed by atoms with Gasteiger partial charge in [0.1, 0.15) is 10.5 Å². The van der Waals surface area contributed by atoms with E-state index in [1.165, 1.54) is 11.3 Å². The minimum atomic E-state index is -0.817. The summed E-state index contributed by atoms with van der Waals surface area (Å²) in [4.78, 5) is 26.1. The Kier molecular flexibility index (Phi) is 5.61. The van der Waals surface area contributed by atoms with Gasteiger partial charge in [-0.25, -0.2) is 4.79 Å². The summed E-state index contributed by atoms with van der Waals surface area (Å²) in [5.41, 5.74) is 2.60. The van der Waals surface area contributed by atoms with Gasteiger partial charge in [0, 0.05) is 16.3 Å². The van der Waals surface area contributed by atoms with Crippen LogP contribution in [0.1, 0.15) is 57.9 Å². The second kappa shape index (κ2) is 7.80. The van der Waals surface area contributed by atoms with Gasteiger partial charge in [-0.1, -0.05) is 0 Å². The molecule has 0 spiro atoms. The van der Waals surface area contributed by atoms with Crippen LogP contribution in [0.25, 0.3) is 5.00 Å². The van der Waals surface area contributed by atoms with Crippen molar-refractivity contribution in [3.63, 3.8) is 0 Å². The van der Waals surface area contributed by atoms with E-state index in [0.29, 0.717) is 18.4 Å². The largest absolute Gasteiger partial charge is 0.452 e. The highest BCUT2D eigenvalue weighted by atomic mass is 32.1. The van der Waals surface area contributed by atoms with Crippen LogP contribution in [0, 0.1) is 39.0 Å². The standard InChI is InChI=1S/C21H25N3O3S/c1-13-7-8-14(2)24(13)19-18(15(3)16(4)28-19)20(26)27-11-17(25)23-21(12-22)9-5-6-10-21/h7-8H,5-6,9-11H2,1-4H3,(H,23,25). The van der Waals surface area contributed by atoms with E-state index in [1.807, 2.05) is 44.4 Å². The van der Waals surface area contributed by atoms with Crippen LogP contribution in [-0.4, -0.2) is 28.6 Å². The van der Waals surface area contributed by atoms with Gasteiger partial charge in [-0.3, -0.25) is 4.79 Å². The van der Waals surface area contributed by atoms with Gasteiger partial charge in [-0.2, -0.15) is 5.26 Å². The third kappa shape index (κ3) is 3.69. The molecule has 2 aromatic rings. The van der Waals surface area contributed by atoms with Gasteiger partial charge in [0.25, 0.3) is 5.91 Å². The van der Waals surface area contributed by atoms with Gasteiger partial charge in [0.2, 0.25) is 0 Å². The van der Waals surface area contributed by atoms with Crippen molar-refractivity contribution in [1.29, 1.82) is 5.26 Å². The lowest BCUT2D eigenvalue weighted by molar-refractivity contribution is -0.125. The van der Waals surface area contributed by atoms with Crippen molar-refractivity contribution in [1.82, 2.24) is 9.88 Å². The maximum atomic E-state index is 12.8. The van der Waals surface area contributed by atoms with Gasteiger partial charge in [0.05, 0.1) is 11.6 Å². The van der Waals surface area contributed by atoms with Gasteiger partial charge in [0.15, 0.2) is 6.61 Å². The molecule has 0 unspecified atom stereocenters. The number of nitrogens with zero attached hydrogens (tertiary/aromatic N) is 2. The van der Waals surface area contributed by atoms with Crippen LogP contribution in [0.15, 0.2) is 12.1 Å². The molecule has 2 heterocycles. The predicted molar refractivity (Wildman–Crippen MR) is 108 cm³/mol. The third-order valence-electron chi connectivity index (χ3n) is 5.43. The van der Waals surface area contributed by atoms with Crippen molar-refractivity contribution in [2.75, 3.05) is 6.61 Å². The van der Waals surface area contributed by atoms with E-state index in [4.69, 9.17) is 4.74 Å². The Balaban J connectivity index is 1.77. The molecule has 0 bridgehead atoms. The van der Waals surface area contributed by atoms with E-state index in [2.05, 4.69) is 11.4 Å². The molecule has 28 heavy (non-hydrogen) atoms. The Bertz CT molecular complexity index is 939. The van der Waals surface area contributed by atoms with Crippen LogP contribution in [0.2, 0.25) is 0 Å². The van der Waals surface area contributed by atoms with Crippen molar-refractivity contribution >= 4 is 23.2 Å². The zero-order chi connectivity index (χ0) is 20.5. The molecule has 6 nitrogen and oxygen atoms in total. The molecule has 1 aliphatic carbocycles. The molecule has 3 rings (SSSR count). The van der Waals surface area contributed by atoms with Crippen LogP contribution >= 0.6 is 11.3 Å². The number of aryl methyl sites for hydroxylation is 3. The highest BCUT2D eigenvalue weighted by molar-refractivity contribution is 7.15. The summed E-state index contributed by atoms with van der Waals surface area (Å²) in [6.07, 6.45) is 3.12. The molecule has 7 heteroatoms. The summed E-state index contributed by atoms with van der Waals surface area (Å²) in [5, 5.41) is 12.9. The molecular weight excluding hydrogens is 374 g/mol. The summed E-state index contributed by atoms with van der Waals surface area (Å²) in [6.45, 7) is 7.45. The Morgan fingerprint density at radius 3 is 2.39 bits per heavy atom. The first kappa shape index (κ1) is 20.2. The normalized spacial score (nSPS) is 15.2. The van der Waals surface area contributed by atoms with Gasteiger partial charge < -0.3 is 14.6 Å². The molecule has 1 aliphatic rings. The number of hydrogen-bond acceptors (Lipinski definition) is 5. The maximum Gasteiger partial charge on any atom is 0.341 e. The topological polar surface area (TPSA) is 84.1 Å². The van der Waals surface area contributed by atoms with E-state index in [0.717, 1.165) is 39.7 Å². The first-order chi connectivity index (χ1) is 13.3. The molecule has 1 N–H and O–H groups in total. The summed E-state index contributed by atoms with van der Waals surface area (Å²) >= 11 is 1.54. The lowest BCUT2D eigenvalue weighted by Crippen LogP contribution is -2.46. The molecule has 0 radical (unpaired) electrons. The van der Waals surface area contributed by atoms with Crippen LogP contribution in [-0.2, 0) is 9.53 Å². The zero-order valence-electron chi connectivity index (χ0n) is 16.7. The number of rotatable bonds is 5. The number of nitriles is 1. The first-order valence-corrected chi connectivity index (χ1v) is 10.2. The second-order valence-electron chi connectivity index (χ2n) is 7.44. The first-order valence-electron chi connectivity index (χ1n) is 9.43. The van der Waals surface area contributed by atoms with Gasteiger partial charge in [-0.15, -0.1) is 11.3 Å². The molecule has 2 aromatic heterocycles. The SMILES string of the molecule is Cc1sc(-n2c(C)ccc2C)c(C(=O)OCC(=O)NC2(C#N)CCCC2)c1C. The molecule has 1 fully saturated rings. The quantitative estimate of drug-likeness (QED) is 0.773. The fourth-order valence-electron chi connectivity index (χ4n) is 3.75. The Labute approximate surface area is 169 Å². The number of nitrogens with one attached hydrogen (secondary N) is 1. The van der Waals surface area contributed by atoms with Crippen molar-refractivity contribution in [3.8, 4) is 11.1 Å². The molecule has 0 aromatic carbocycles. The summed E-state index contributed by atoms with van der Waals surface area (Å²) in [6, 6.07) is 6.22. The molecule has 0 saturated heterocycles. The minimum absolute atomic E-state index is 0.389. The highest BCUT2D eigenvalue weighted by Crippen LogP contribution is 2.33. The van der Waals surface area contributed by atoms with E-state index in [-0.39, 0.29) is 6.61 Å². The van der Waals surface area contributed by atoms with Crippen LogP contribution in [0.4, 0.5) is 0 Å². The number of amides is 1. The monoisotopic (exact) mass is 399 g/mol. The van der Waals surface area contributed by atoms with Crippen molar-refractivity contribution in [2.45, 2.75) is 58.9 Å². The third-order valence-corrected chi connectivity index (χ3v) is 6.62. The van der Waals surface area contributed by atoms with E-state index in [1.54, 1.807) is 0 Å². The molecule has 1 saturated carbocycles. The Morgan fingerprint density at radius 2 is 1.82 bits per heavy atom. The van der Waals surface area contributed by atoms with Crippen molar-refractivity contribution in [3.05, 3.63) is 39.5 Å². The molecule has 0 aliphatic heterocycles. The van der Waals surface area contributed by atoms with Crippen LogP contribution < -0.4 is 5.32 Å². The number of ether oxygens (including phenoxy) is 1. The summed E-state index contributed by atoms with van der Waals surface area (Å²) in [7, 11) is 0. The van der Waals surface area contributed by atoms with Crippen molar-refractivity contribution < 1.29 is 14.3 Å². The Hall–Kier alpha value is -2.59. The number of carbonyl (C=O) groups is 2. The molecule has 148 valence electrons. The Morgan fingerprint density at radius 1 is 1.21 bits per heavy atom. The summed E-state index contributed by atoms with van der Waals surface area (Å²) < 4.78 is 7.37. The van der Waals surface area contributed by atoms with Gasteiger partial charge in [-0.05, 0) is 71.1 Å². The van der Waals surface area contributed by atoms with E-state index >= 15 is 0 Å². The fourth-order valence-corrected chi connectivity index (χ4v) is 5.01. The number of carbonyl (C=O) groups excluding carboxylic acids is 2. The zero-order valence-corrected chi connectivity index (χ0v) is 17.5. The van der Waals surface area contributed by atoms with Gasteiger partial charge >= 0.3 is 5.97 Å². The molecule has 0 atom stereocenters. The highest BCUT2D eigenvalue weighted by Gasteiger charge is 2.35. The average molecular weight is 400 g/mol. The number of thiophene rings is 1. The minimum Gasteiger partial charge on any atom is -0.452 e. The number of aromatic nitrogens is 1. The number of hydrogen-bond donors (Lipinski definition) is 1. The van der Waals surface area contributed by atoms with Crippen LogP contribution in [0.3, 0.4) is 0 Å². The van der Waals surface area contributed by atoms with Crippen molar-refractivity contribution in [2.24, 2.45) is 0 Å². The number of esters is 1. The van der Waals surface area contributed by atoms with E-state index < -0.39 is 17.4 Å². The van der Waals surface area contributed by atoms with E-state index in [9.17, 15) is 14.9 Å². The average Bonchev–Trinajstić information content (AvgIpc) is 3.33. The second-order valence-corrected chi connectivity index (χ2v) is 8.64. The summed E-state index contributed by atoms with van der Waals surface area (Å²) in [5.74, 6) is -0.951. The van der Waals surface area contributed by atoms with Crippen LogP contribution in [0.5, 0.6) is 0 Å². The predicted octanol–water partition coefficient (Wildman–Crippen LogP) is 3.88. The lowest BCUT2D eigenvalue weighted by Gasteiger charge is -2.21. The molecule has 1 amide bonds. The smallest absolute Gasteiger partial charge is 0.341 e. The lowest BCUT2D eigenvalue weighted by atomic mass is 10.00. The molecular formula is C21H25N3O3S. The fraction of sp³-hybridized carbons (Fsp3) is 0.476.